The normalized spacial score (nSPS) is 13.9. The molecule has 0 radical (unpaired) electrons. The fraction of sp³-hybridized carbons (Fsp3) is 0.0400. The number of methoxy groups -OCH3 is 1. The second kappa shape index (κ2) is 9.40. The number of carbonyl (C=O) groups excluding carboxylic acids is 2. The van der Waals surface area contributed by atoms with Crippen LogP contribution in [0.3, 0.4) is 0 Å². The molecule has 0 aliphatic carbocycles. The Morgan fingerprint density at radius 3 is 2.20 bits per heavy atom. The van der Waals surface area contributed by atoms with Gasteiger partial charge in [0.15, 0.2) is 0 Å². The predicted molar refractivity (Wildman–Crippen MR) is 125 cm³/mol. The fourth-order valence-corrected chi connectivity index (χ4v) is 3.39. The molecule has 4 aromatic rings. The number of rotatable bonds is 6. The number of H-pyrrole nitrogens is 1. The molecule has 35 heavy (non-hydrogen) atoms. The molecule has 1 aromatic heterocycles. The van der Waals surface area contributed by atoms with Crippen molar-refractivity contribution in [1.29, 1.82) is 0 Å². The van der Waals surface area contributed by atoms with Gasteiger partial charge in [-0.3, -0.25) is 0 Å². The van der Waals surface area contributed by atoms with Crippen LogP contribution in [-0.2, 0) is 14.4 Å². The quantitative estimate of drug-likeness (QED) is 0.258. The molecule has 5 rings (SSSR count). The highest BCUT2D eigenvalue weighted by molar-refractivity contribution is 6.31. The Morgan fingerprint density at radius 1 is 0.914 bits per heavy atom. The summed E-state index contributed by atoms with van der Waals surface area (Å²) < 4.78 is 10.6. The summed E-state index contributed by atoms with van der Waals surface area (Å²) in [5, 5.41) is 17.8. The van der Waals surface area contributed by atoms with Gasteiger partial charge in [-0.1, -0.05) is 29.4 Å². The summed E-state index contributed by atoms with van der Waals surface area (Å²) in [5.41, 5.74) is 3.30. The third-order valence-corrected chi connectivity index (χ3v) is 5.16. The topological polar surface area (TPSA) is 129 Å². The van der Waals surface area contributed by atoms with Crippen LogP contribution in [0.4, 0.5) is 0 Å². The van der Waals surface area contributed by atoms with Crippen LogP contribution in [-0.4, -0.2) is 45.4 Å². The number of esters is 1. The van der Waals surface area contributed by atoms with E-state index in [2.05, 4.69) is 25.8 Å². The molecule has 0 saturated heterocycles. The van der Waals surface area contributed by atoms with Crippen LogP contribution in [0.5, 0.6) is 11.5 Å². The van der Waals surface area contributed by atoms with E-state index in [1.54, 1.807) is 42.5 Å². The first-order valence-corrected chi connectivity index (χ1v) is 10.4. The molecular formula is C25H17N5O5. The van der Waals surface area contributed by atoms with E-state index in [0.717, 1.165) is 11.1 Å². The maximum atomic E-state index is 12.3. The number of benzene rings is 3. The maximum Gasteiger partial charge on any atom is 0.368 e. The van der Waals surface area contributed by atoms with Crippen molar-refractivity contribution in [3.05, 3.63) is 95.1 Å². The van der Waals surface area contributed by atoms with E-state index in [-0.39, 0.29) is 0 Å². The Morgan fingerprint density at radius 2 is 1.57 bits per heavy atom. The average molecular weight is 467 g/mol. The number of nitrogens with one attached hydrogen (secondary N) is 1. The van der Waals surface area contributed by atoms with Crippen molar-refractivity contribution in [3.63, 3.8) is 0 Å². The molecule has 0 fully saturated rings. The van der Waals surface area contributed by atoms with Gasteiger partial charge in [0.1, 0.15) is 17.2 Å². The molecule has 1 N–H and O–H groups in total. The summed E-state index contributed by atoms with van der Waals surface area (Å²) in [6.07, 6.45) is 1.69. The number of hydrogen-bond donors (Lipinski definition) is 1. The molecule has 1 aliphatic rings. The number of aromatic amines is 1. The van der Waals surface area contributed by atoms with E-state index in [0.29, 0.717) is 39.7 Å². The van der Waals surface area contributed by atoms with Gasteiger partial charge in [0, 0.05) is 11.1 Å². The lowest BCUT2D eigenvalue weighted by atomic mass is 9.99. The number of tetrazole rings is 1. The third kappa shape index (κ3) is 4.67. The van der Waals surface area contributed by atoms with E-state index >= 15 is 0 Å². The molecule has 172 valence electrons. The number of aromatic nitrogens is 4. The standard InChI is InChI=1S/C25H17N5O5/c1-33-24(31)18-6-4-16(5-7-18)22-21(25(32)35-28-22)14-15-2-10-19(11-3-15)34-20-12-8-17(9-13-20)23-26-29-30-27-23/h2-14H,1H3,(H,26,27,29,30)/b21-14-. The molecule has 0 atom stereocenters. The molecule has 0 spiro atoms. The van der Waals surface area contributed by atoms with Gasteiger partial charge < -0.3 is 14.3 Å². The summed E-state index contributed by atoms with van der Waals surface area (Å²) >= 11 is 0. The number of nitrogens with zero attached hydrogens (tertiary/aromatic N) is 4. The van der Waals surface area contributed by atoms with Crippen molar-refractivity contribution < 1.29 is 23.9 Å². The second-order valence-corrected chi connectivity index (χ2v) is 7.38. The third-order valence-electron chi connectivity index (χ3n) is 5.16. The maximum absolute atomic E-state index is 12.3. The van der Waals surface area contributed by atoms with E-state index in [9.17, 15) is 9.59 Å². The smallest absolute Gasteiger partial charge is 0.368 e. The number of oxime groups is 1. The molecule has 3 aromatic carbocycles. The van der Waals surface area contributed by atoms with Crippen LogP contribution >= 0.6 is 0 Å². The summed E-state index contributed by atoms with van der Waals surface area (Å²) in [6.45, 7) is 0. The van der Waals surface area contributed by atoms with Gasteiger partial charge in [-0.05, 0) is 65.4 Å². The lowest BCUT2D eigenvalue weighted by molar-refractivity contribution is -0.136. The molecule has 2 heterocycles. The zero-order valence-corrected chi connectivity index (χ0v) is 18.3. The van der Waals surface area contributed by atoms with Crippen molar-refractivity contribution in [2.75, 3.05) is 7.11 Å². The van der Waals surface area contributed by atoms with Crippen molar-refractivity contribution >= 4 is 23.7 Å². The van der Waals surface area contributed by atoms with Gasteiger partial charge in [-0.15, -0.1) is 10.2 Å². The van der Waals surface area contributed by atoms with Crippen LogP contribution in [0, 0.1) is 0 Å². The summed E-state index contributed by atoms with van der Waals surface area (Å²) in [7, 11) is 1.31. The van der Waals surface area contributed by atoms with Gasteiger partial charge >= 0.3 is 11.9 Å². The lowest BCUT2D eigenvalue weighted by Crippen LogP contribution is -2.08. The molecular weight excluding hydrogens is 450 g/mol. The Bertz CT molecular complexity index is 1430. The van der Waals surface area contributed by atoms with E-state index in [1.807, 2.05) is 36.4 Å². The SMILES string of the molecule is COC(=O)c1ccc(C2=NOC(=O)/C2=C\c2ccc(Oc3ccc(-c4nn[nH]n4)cc3)cc2)cc1. The average Bonchev–Trinajstić information content (AvgIpc) is 3.56. The molecule has 0 unspecified atom stereocenters. The first-order chi connectivity index (χ1) is 17.1. The highest BCUT2D eigenvalue weighted by Gasteiger charge is 2.27. The molecule has 0 bridgehead atoms. The first-order valence-electron chi connectivity index (χ1n) is 10.4. The highest BCUT2D eigenvalue weighted by Crippen LogP contribution is 2.26. The minimum Gasteiger partial charge on any atom is -0.465 e. The van der Waals surface area contributed by atoms with Crippen molar-refractivity contribution in [3.8, 4) is 22.9 Å². The number of ether oxygens (including phenoxy) is 2. The summed E-state index contributed by atoms with van der Waals surface area (Å²) in [4.78, 5) is 28.8. The highest BCUT2D eigenvalue weighted by atomic mass is 16.7. The van der Waals surface area contributed by atoms with Crippen LogP contribution in [0.25, 0.3) is 17.5 Å². The predicted octanol–water partition coefficient (Wildman–Crippen LogP) is 3.79. The zero-order valence-electron chi connectivity index (χ0n) is 18.3. The molecule has 10 heteroatoms. The molecule has 0 saturated carbocycles. The van der Waals surface area contributed by atoms with Gasteiger partial charge in [0.2, 0.25) is 5.82 Å². The van der Waals surface area contributed by atoms with Crippen molar-refractivity contribution in [2.24, 2.45) is 5.16 Å². The largest absolute Gasteiger partial charge is 0.465 e. The Labute approximate surface area is 198 Å². The fourth-order valence-electron chi connectivity index (χ4n) is 3.39. The Balaban J connectivity index is 1.30. The van der Waals surface area contributed by atoms with Crippen LogP contribution in [0.2, 0.25) is 0 Å². The van der Waals surface area contributed by atoms with E-state index in [4.69, 9.17) is 14.3 Å². The van der Waals surface area contributed by atoms with Crippen LogP contribution in [0.1, 0.15) is 21.5 Å². The summed E-state index contributed by atoms with van der Waals surface area (Å²) in [5.74, 6) is 0.771. The number of hydrogen-bond acceptors (Lipinski definition) is 9. The van der Waals surface area contributed by atoms with Crippen molar-refractivity contribution in [1.82, 2.24) is 20.6 Å². The lowest BCUT2D eigenvalue weighted by Gasteiger charge is -2.07. The molecule has 10 nitrogen and oxygen atoms in total. The zero-order chi connectivity index (χ0) is 24.2. The van der Waals surface area contributed by atoms with Crippen LogP contribution < -0.4 is 4.74 Å². The van der Waals surface area contributed by atoms with E-state index < -0.39 is 11.9 Å². The van der Waals surface area contributed by atoms with Gasteiger partial charge in [-0.25, -0.2) is 9.59 Å². The van der Waals surface area contributed by atoms with E-state index in [1.165, 1.54) is 7.11 Å². The van der Waals surface area contributed by atoms with Crippen molar-refractivity contribution in [2.45, 2.75) is 0 Å². The second-order valence-electron chi connectivity index (χ2n) is 7.38. The Hall–Kier alpha value is -5.12. The summed E-state index contributed by atoms with van der Waals surface area (Å²) in [6, 6.07) is 21.1. The van der Waals surface area contributed by atoms with Crippen LogP contribution in [0.15, 0.2) is 83.5 Å². The minimum absolute atomic E-state index is 0.307. The first kappa shape index (κ1) is 21.7. The van der Waals surface area contributed by atoms with Gasteiger partial charge in [0.25, 0.3) is 0 Å². The molecule has 1 aliphatic heterocycles. The van der Waals surface area contributed by atoms with Gasteiger partial charge in [0.05, 0.1) is 18.2 Å². The molecule has 0 amide bonds. The minimum atomic E-state index is -0.556. The monoisotopic (exact) mass is 467 g/mol. The number of carbonyl (C=O) groups is 2. The van der Waals surface area contributed by atoms with Gasteiger partial charge in [-0.2, -0.15) is 5.21 Å². The Kier molecular flexibility index (Phi) is 5.83.